The molecule has 0 aromatic carbocycles. The van der Waals surface area contributed by atoms with Crippen molar-refractivity contribution in [2.45, 2.75) is 27.2 Å². The summed E-state index contributed by atoms with van der Waals surface area (Å²) in [6, 6.07) is 0. The maximum Gasteiger partial charge on any atom is 0.00555 e. The minimum absolute atomic E-state index is 0.462. The fourth-order valence-corrected chi connectivity index (χ4v) is 0.829. The summed E-state index contributed by atoms with van der Waals surface area (Å²) in [6.07, 6.45) is 11.5. The van der Waals surface area contributed by atoms with Crippen molar-refractivity contribution in [2.75, 3.05) is 14.1 Å². The average molecular weight is 195 g/mol. The standard InChI is InChI=1S/C11H19N.C2H6/c1-5-7-8-11(6-2)9-10-12(3)4;1-2/h5-7,9-11H,2,8H2,1,3-4H3;1-2H3/b7-5-,10-9+;. The first-order chi connectivity index (χ1) is 6.70. The third-order valence-electron chi connectivity index (χ3n) is 1.58. The minimum atomic E-state index is 0.462. The second kappa shape index (κ2) is 12.0. The molecular weight excluding hydrogens is 170 g/mol. The van der Waals surface area contributed by atoms with Crippen LogP contribution in [0.4, 0.5) is 0 Å². The van der Waals surface area contributed by atoms with Crippen LogP contribution in [0.1, 0.15) is 27.2 Å². The van der Waals surface area contributed by atoms with Crippen molar-refractivity contribution in [3.63, 3.8) is 0 Å². The van der Waals surface area contributed by atoms with Crippen LogP contribution in [0.15, 0.2) is 37.1 Å². The van der Waals surface area contributed by atoms with Crippen LogP contribution in [0.25, 0.3) is 0 Å². The third-order valence-corrected chi connectivity index (χ3v) is 1.58. The molecule has 82 valence electrons. The Morgan fingerprint density at radius 3 is 2.21 bits per heavy atom. The van der Waals surface area contributed by atoms with Gasteiger partial charge in [-0.1, -0.05) is 38.2 Å². The van der Waals surface area contributed by atoms with Gasteiger partial charge in [-0.15, -0.1) is 6.58 Å². The van der Waals surface area contributed by atoms with Crippen LogP contribution < -0.4 is 0 Å². The lowest BCUT2D eigenvalue weighted by Gasteiger charge is -2.07. The highest BCUT2D eigenvalue weighted by atomic mass is 15.0. The molecule has 1 unspecified atom stereocenters. The SMILES string of the molecule is C=CC(/C=C/N(C)C)C/C=C\C.CC. The molecule has 0 amide bonds. The third kappa shape index (κ3) is 11.0. The molecule has 0 bridgehead atoms. The highest BCUT2D eigenvalue weighted by Gasteiger charge is 1.94. The first-order valence-electron chi connectivity index (χ1n) is 5.29. The van der Waals surface area contributed by atoms with Gasteiger partial charge in [0.1, 0.15) is 0 Å². The Bertz CT molecular complexity index is 166. The molecule has 0 fully saturated rings. The summed E-state index contributed by atoms with van der Waals surface area (Å²) in [5.41, 5.74) is 0. The molecule has 0 saturated carbocycles. The van der Waals surface area contributed by atoms with Crippen molar-refractivity contribution in [3.8, 4) is 0 Å². The van der Waals surface area contributed by atoms with E-state index in [0.29, 0.717) is 5.92 Å². The lowest BCUT2D eigenvalue weighted by Crippen LogP contribution is -2.01. The van der Waals surface area contributed by atoms with Gasteiger partial charge in [-0.3, -0.25) is 0 Å². The quantitative estimate of drug-likeness (QED) is 0.602. The molecule has 14 heavy (non-hydrogen) atoms. The molecule has 1 atom stereocenters. The van der Waals surface area contributed by atoms with E-state index in [-0.39, 0.29) is 0 Å². The monoisotopic (exact) mass is 195 g/mol. The highest BCUT2D eigenvalue weighted by molar-refractivity contribution is 5.00. The summed E-state index contributed by atoms with van der Waals surface area (Å²) in [7, 11) is 4.04. The number of rotatable bonds is 5. The largest absolute Gasteiger partial charge is 0.384 e. The number of allylic oxidation sites excluding steroid dienone is 4. The summed E-state index contributed by atoms with van der Waals surface area (Å²) in [5.74, 6) is 0.462. The van der Waals surface area contributed by atoms with E-state index in [1.165, 1.54) is 0 Å². The first-order valence-corrected chi connectivity index (χ1v) is 5.29. The van der Waals surface area contributed by atoms with Gasteiger partial charge in [-0.25, -0.2) is 0 Å². The number of nitrogens with zero attached hydrogens (tertiary/aromatic N) is 1. The van der Waals surface area contributed by atoms with Gasteiger partial charge < -0.3 is 4.90 Å². The van der Waals surface area contributed by atoms with Gasteiger partial charge in [0.15, 0.2) is 0 Å². The minimum Gasteiger partial charge on any atom is -0.384 e. The predicted molar refractivity (Wildman–Crippen MR) is 67.3 cm³/mol. The van der Waals surface area contributed by atoms with Crippen LogP contribution >= 0.6 is 0 Å². The maximum absolute atomic E-state index is 3.79. The fraction of sp³-hybridized carbons (Fsp3) is 0.538. The zero-order chi connectivity index (χ0) is 11.4. The zero-order valence-electron chi connectivity index (χ0n) is 10.3. The maximum atomic E-state index is 3.79. The molecule has 0 rings (SSSR count). The number of hydrogen-bond donors (Lipinski definition) is 0. The van der Waals surface area contributed by atoms with Crippen LogP contribution in [-0.2, 0) is 0 Å². The van der Waals surface area contributed by atoms with Crippen molar-refractivity contribution in [2.24, 2.45) is 5.92 Å². The van der Waals surface area contributed by atoms with E-state index in [9.17, 15) is 0 Å². The average Bonchev–Trinajstić information content (AvgIpc) is 2.21. The van der Waals surface area contributed by atoms with E-state index in [1.54, 1.807) is 0 Å². The van der Waals surface area contributed by atoms with Crippen LogP contribution in [-0.4, -0.2) is 19.0 Å². The van der Waals surface area contributed by atoms with E-state index < -0.39 is 0 Å². The van der Waals surface area contributed by atoms with E-state index in [0.717, 1.165) is 6.42 Å². The zero-order valence-corrected chi connectivity index (χ0v) is 10.3. The van der Waals surface area contributed by atoms with Gasteiger partial charge in [0.25, 0.3) is 0 Å². The van der Waals surface area contributed by atoms with Crippen LogP contribution in [0.3, 0.4) is 0 Å². The molecule has 0 spiro atoms. The second-order valence-electron chi connectivity index (χ2n) is 3.01. The van der Waals surface area contributed by atoms with Gasteiger partial charge in [-0.2, -0.15) is 0 Å². The topological polar surface area (TPSA) is 3.24 Å². The summed E-state index contributed by atoms with van der Waals surface area (Å²) in [5, 5.41) is 0. The van der Waals surface area contributed by atoms with Gasteiger partial charge in [0, 0.05) is 14.1 Å². The predicted octanol–water partition coefficient (Wildman–Crippen LogP) is 3.86. The van der Waals surface area contributed by atoms with Gasteiger partial charge in [-0.05, 0) is 25.5 Å². The van der Waals surface area contributed by atoms with Crippen molar-refractivity contribution < 1.29 is 0 Å². The molecule has 0 aromatic rings. The Balaban J connectivity index is 0. The Morgan fingerprint density at radius 2 is 1.86 bits per heavy atom. The van der Waals surface area contributed by atoms with E-state index in [2.05, 4.69) is 31.0 Å². The molecule has 0 N–H and O–H groups in total. The Morgan fingerprint density at radius 1 is 1.29 bits per heavy atom. The molecule has 1 nitrogen and oxygen atoms in total. The molecule has 0 aliphatic heterocycles. The van der Waals surface area contributed by atoms with Crippen LogP contribution in [0, 0.1) is 5.92 Å². The molecule has 0 saturated heterocycles. The second-order valence-corrected chi connectivity index (χ2v) is 3.01. The summed E-state index contributed by atoms with van der Waals surface area (Å²) >= 11 is 0. The van der Waals surface area contributed by atoms with Crippen molar-refractivity contribution >= 4 is 0 Å². The molecule has 0 radical (unpaired) electrons. The van der Waals surface area contributed by atoms with Gasteiger partial charge >= 0.3 is 0 Å². The van der Waals surface area contributed by atoms with E-state index in [4.69, 9.17) is 0 Å². The Kier molecular flexibility index (Phi) is 13.3. The smallest absolute Gasteiger partial charge is 0.00555 e. The van der Waals surface area contributed by atoms with Gasteiger partial charge in [0.05, 0.1) is 0 Å². The van der Waals surface area contributed by atoms with Crippen molar-refractivity contribution in [1.82, 2.24) is 4.90 Å². The Labute approximate surface area is 89.8 Å². The molecular formula is C13H25N. The molecule has 0 aliphatic rings. The molecule has 0 heterocycles. The van der Waals surface area contributed by atoms with E-state index >= 15 is 0 Å². The lowest BCUT2D eigenvalue weighted by atomic mass is 10.1. The summed E-state index contributed by atoms with van der Waals surface area (Å²) in [4.78, 5) is 2.03. The number of hydrogen-bond acceptors (Lipinski definition) is 1. The highest BCUT2D eigenvalue weighted by Crippen LogP contribution is 2.07. The molecule has 0 aromatic heterocycles. The normalized spacial score (nSPS) is 12.4. The van der Waals surface area contributed by atoms with Crippen LogP contribution in [0.5, 0.6) is 0 Å². The fourth-order valence-electron chi connectivity index (χ4n) is 0.829. The molecule has 1 heteroatoms. The van der Waals surface area contributed by atoms with E-state index in [1.807, 2.05) is 45.8 Å². The Hall–Kier alpha value is -0.980. The van der Waals surface area contributed by atoms with Crippen molar-refractivity contribution in [1.29, 1.82) is 0 Å². The summed E-state index contributed by atoms with van der Waals surface area (Å²) in [6.45, 7) is 9.83. The first kappa shape index (κ1) is 15.5. The molecule has 0 aliphatic carbocycles. The van der Waals surface area contributed by atoms with Gasteiger partial charge in [0.2, 0.25) is 0 Å². The summed E-state index contributed by atoms with van der Waals surface area (Å²) < 4.78 is 0. The lowest BCUT2D eigenvalue weighted by molar-refractivity contribution is 0.557. The van der Waals surface area contributed by atoms with Crippen LogP contribution in [0.2, 0.25) is 0 Å². The van der Waals surface area contributed by atoms with Crippen molar-refractivity contribution in [3.05, 3.63) is 37.1 Å².